The molecule has 3 rings (SSSR count). The molecule has 0 saturated carbocycles. The molecule has 0 spiro atoms. The standard InChI is InChI=1S/C16H16O2/c1-17-16-11-15(12-7-3-2-4-8-12)18-14-10-6-5-9-13(14)16/h2-10,15-16H,11H2,1H3. The van der Waals surface area contributed by atoms with Crippen LogP contribution in [0.3, 0.4) is 0 Å². The SMILES string of the molecule is COC1CC(c2ccccc2)Oc2ccccc21. The first-order valence-corrected chi connectivity index (χ1v) is 6.22. The van der Waals surface area contributed by atoms with Crippen LogP contribution in [0.25, 0.3) is 0 Å². The molecule has 2 unspecified atom stereocenters. The summed E-state index contributed by atoms with van der Waals surface area (Å²) in [6.07, 6.45) is 1.04. The molecule has 0 bridgehead atoms. The predicted octanol–water partition coefficient (Wildman–Crippen LogP) is 3.90. The van der Waals surface area contributed by atoms with E-state index < -0.39 is 0 Å². The fourth-order valence-electron chi connectivity index (χ4n) is 2.47. The van der Waals surface area contributed by atoms with Crippen molar-refractivity contribution in [3.05, 3.63) is 65.7 Å². The Morgan fingerprint density at radius 3 is 2.50 bits per heavy atom. The van der Waals surface area contributed by atoms with E-state index in [9.17, 15) is 0 Å². The van der Waals surface area contributed by atoms with Crippen molar-refractivity contribution >= 4 is 0 Å². The van der Waals surface area contributed by atoms with E-state index in [0.29, 0.717) is 0 Å². The van der Waals surface area contributed by atoms with Gasteiger partial charge in [-0.2, -0.15) is 0 Å². The predicted molar refractivity (Wildman–Crippen MR) is 70.6 cm³/mol. The third kappa shape index (κ3) is 2.00. The summed E-state index contributed by atoms with van der Waals surface area (Å²) in [6, 6.07) is 18.4. The quantitative estimate of drug-likeness (QED) is 0.792. The van der Waals surface area contributed by atoms with Crippen LogP contribution in [-0.4, -0.2) is 7.11 Å². The lowest BCUT2D eigenvalue weighted by Gasteiger charge is -2.31. The zero-order valence-corrected chi connectivity index (χ0v) is 10.4. The van der Waals surface area contributed by atoms with E-state index in [1.165, 1.54) is 5.56 Å². The Bertz CT molecular complexity index is 522. The molecule has 0 radical (unpaired) electrons. The number of methoxy groups -OCH3 is 1. The molecule has 2 heteroatoms. The van der Waals surface area contributed by atoms with Crippen LogP contribution in [0.1, 0.15) is 29.8 Å². The van der Waals surface area contributed by atoms with Gasteiger partial charge >= 0.3 is 0 Å². The van der Waals surface area contributed by atoms with Crippen molar-refractivity contribution in [2.24, 2.45) is 0 Å². The van der Waals surface area contributed by atoms with Gasteiger partial charge in [-0.25, -0.2) is 0 Å². The second kappa shape index (κ2) is 4.83. The van der Waals surface area contributed by atoms with Gasteiger partial charge in [-0.3, -0.25) is 0 Å². The second-order valence-corrected chi connectivity index (χ2v) is 4.52. The van der Waals surface area contributed by atoms with E-state index in [-0.39, 0.29) is 12.2 Å². The largest absolute Gasteiger partial charge is 0.485 e. The van der Waals surface area contributed by atoms with Crippen LogP contribution in [0.15, 0.2) is 54.6 Å². The molecule has 0 fully saturated rings. The highest BCUT2D eigenvalue weighted by molar-refractivity contribution is 5.38. The zero-order chi connectivity index (χ0) is 12.4. The molecule has 18 heavy (non-hydrogen) atoms. The van der Waals surface area contributed by atoms with E-state index >= 15 is 0 Å². The highest BCUT2D eigenvalue weighted by atomic mass is 16.5. The summed E-state index contributed by atoms with van der Waals surface area (Å²) in [4.78, 5) is 0. The smallest absolute Gasteiger partial charge is 0.127 e. The highest BCUT2D eigenvalue weighted by Crippen LogP contribution is 2.41. The summed E-state index contributed by atoms with van der Waals surface area (Å²) in [5, 5.41) is 0. The summed E-state index contributed by atoms with van der Waals surface area (Å²) in [5.74, 6) is 0.935. The minimum absolute atomic E-state index is 0.0750. The number of benzene rings is 2. The van der Waals surface area contributed by atoms with Crippen molar-refractivity contribution in [2.45, 2.75) is 18.6 Å². The number of para-hydroxylation sites is 1. The molecule has 2 atom stereocenters. The summed E-state index contributed by atoms with van der Waals surface area (Å²) in [5.41, 5.74) is 2.35. The molecule has 92 valence electrons. The van der Waals surface area contributed by atoms with Crippen molar-refractivity contribution in [3.8, 4) is 5.75 Å². The molecule has 0 saturated heterocycles. The third-order valence-electron chi connectivity index (χ3n) is 3.42. The summed E-state index contributed by atoms with van der Waals surface area (Å²) < 4.78 is 11.7. The lowest BCUT2D eigenvalue weighted by Crippen LogP contribution is -2.20. The molecular formula is C16H16O2. The van der Waals surface area contributed by atoms with E-state index in [1.54, 1.807) is 7.11 Å². The van der Waals surface area contributed by atoms with Gasteiger partial charge < -0.3 is 9.47 Å². The number of rotatable bonds is 2. The lowest BCUT2D eigenvalue weighted by molar-refractivity contribution is 0.0301. The Morgan fingerprint density at radius 1 is 1.00 bits per heavy atom. The Morgan fingerprint density at radius 2 is 1.72 bits per heavy atom. The van der Waals surface area contributed by atoms with Gasteiger partial charge in [0.1, 0.15) is 11.9 Å². The second-order valence-electron chi connectivity index (χ2n) is 4.52. The van der Waals surface area contributed by atoms with E-state index in [1.807, 2.05) is 36.4 Å². The third-order valence-corrected chi connectivity index (χ3v) is 3.42. The molecule has 2 aromatic carbocycles. The molecule has 2 nitrogen and oxygen atoms in total. The van der Waals surface area contributed by atoms with Crippen LogP contribution < -0.4 is 4.74 Å². The van der Waals surface area contributed by atoms with Crippen LogP contribution in [0, 0.1) is 0 Å². The van der Waals surface area contributed by atoms with Gasteiger partial charge in [0, 0.05) is 19.1 Å². The van der Waals surface area contributed by atoms with Gasteiger partial charge in [0.25, 0.3) is 0 Å². The monoisotopic (exact) mass is 240 g/mol. The van der Waals surface area contributed by atoms with Gasteiger partial charge in [0.2, 0.25) is 0 Å². The fourth-order valence-corrected chi connectivity index (χ4v) is 2.47. The minimum Gasteiger partial charge on any atom is -0.485 e. The van der Waals surface area contributed by atoms with Crippen molar-refractivity contribution in [1.82, 2.24) is 0 Å². The van der Waals surface area contributed by atoms with Crippen LogP contribution in [0.5, 0.6) is 5.75 Å². The van der Waals surface area contributed by atoms with Gasteiger partial charge in [-0.05, 0) is 11.6 Å². The molecule has 1 heterocycles. The maximum Gasteiger partial charge on any atom is 0.127 e. The maximum absolute atomic E-state index is 6.07. The van der Waals surface area contributed by atoms with Crippen molar-refractivity contribution in [2.75, 3.05) is 7.11 Å². The average molecular weight is 240 g/mol. The fraction of sp³-hybridized carbons (Fsp3) is 0.250. The van der Waals surface area contributed by atoms with Gasteiger partial charge in [0.15, 0.2) is 0 Å². The van der Waals surface area contributed by atoms with Crippen LogP contribution in [-0.2, 0) is 4.74 Å². The Kier molecular flexibility index (Phi) is 3.03. The van der Waals surface area contributed by atoms with Crippen molar-refractivity contribution < 1.29 is 9.47 Å². The Balaban J connectivity index is 1.95. The number of hydrogen-bond acceptors (Lipinski definition) is 2. The minimum atomic E-state index is 0.0750. The van der Waals surface area contributed by atoms with Gasteiger partial charge in [-0.1, -0.05) is 48.5 Å². The number of hydrogen-bond donors (Lipinski definition) is 0. The van der Waals surface area contributed by atoms with Crippen LogP contribution >= 0.6 is 0 Å². The molecule has 0 N–H and O–H groups in total. The van der Waals surface area contributed by atoms with E-state index in [2.05, 4.69) is 18.2 Å². The normalized spacial score (nSPS) is 22.1. The number of ether oxygens (including phenoxy) is 2. The van der Waals surface area contributed by atoms with Crippen LogP contribution in [0.4, 0.5) is 0 Å². The molecular weight excluding hydrogens is 224 g/mol. The first kappa shape index (κ1) is 11.3. The Hall–Kier alpha value is -1.80. The van der Waals surface area contributed by atoms with E-state index in [4.69, 9.17) is 9.47 Å². The number of fused-ring (bicyclic) bond motifs is 1. The summed E-state index contributed by atoms with van der Waals surface area (Å²) >= 11 is 0. The zero-order valence-electron chi connectivity index (χ0n) is 10.4. The summed E-state index contributed by atoms with van der Waals surface area (Å²) in [6.45, 7) is 0. The first-order chi connectivity index (χ1) is 8.88. The molecule has 0 aromatic heterocycles. The molecule has 1 aliphatic rings. The lowest BCUT2D eigenvalue weighted by atomic mass is 9.95. The first-order valence-electron chi connectivity index (χ1n) is 6.22. The van der Waals surface area contributed by atoms with Gasteiger partial charge in [0.05, 0.1) is 6.10 Å². The summed E-state index contributed by atoms with van der Waals surface area (Å²) in [7, 11) is 1.76. The molecule has 0 aliphatic carbocycles. The highest BCUT2D eigenvalue weighted by Gasteiger charge is 2.28. The maximum atomic E-state index is 6.07. The van der Waals surface area contributed by atoms with E-state index in [0.717, 1.165) is 17.7 Å². The molecule has 2 aromatic rings. The average Bonchev–Trinajstić information content (AvgIpc) is 2.47. The topological polar surface area (TPSA) is 18.5 Å². The Labute approximate surface area is 107 Å². The van der Waals surface area contributed by atoms with Crippen molar-refractivity contribution in [1.29, 1.82) is 0 Å². The molecule has 1 aliphatic heterocycles. The van der Waals surface area contributed by atoms with Crippen molar-refractivity contribution in [3.63, 3.8) is 0 Å². The van der Waals surface area contributed by atoms with Crippen LogP contribution in [0.2, 0.25) is 0 Å². The molecule has 0 amide bonds. The van der Waals surface area contributed by atoms with Gasteiger partial charge in [-0.15, -0.1) is 0 Å².